The number of ether oxygens (including phenoxy) is 1. The first kappa shape index (κ1) is 24.1. The molecule has 0 spiro atoms. The van der Waals surface area contributed by atoms with Gasteiger partial charge in [0.1, 0.15) is 11.8 Å². The lowest BCUT2D eigenvalue weighted by molar-refractivity contribution is 0.0734. The van der Waals surface area contributed by atoms with Crippen molar-refractivity contribution >= 4 is 5.97 Å². The van der Waals surface area contributed by atoms with Crippen LogP contribution in [0.3, 0.4) is 0 Å². The lowest BCUT2D eigenvalue weighted by Gasteiger charge is -2.28. The van der Waals surface area contributed by atoms with Crippen LogP contribution in [0.25, 0.3) is 0 Å². The third kappa shape index (κ3) is 6.22. The van der Waals surface area contributed by atoms with Crippen molar-refractivity contribution in [1.29, 1.82) is 5.26 Å². The monoisotopic (exact) mass is 431 g/mol. The van der Waals surface area contributed by atoms with Gasteiger partial charge >= 0.3 is 5.97 Å². The Kier molecular flexibility index (Phi) is 8.91. The smallest absolute Gasteiger partial charge is 0.343 e. The van der Waals surface area contributed by atoms with E-state index in [9.17, 15) is 10.1 Å². The molecular formula is C29H37NO2. The summed E-state index contributed by atoms with van der Waals surface area (Å²) in [4.78, 5) is 12.7. The second kappa shape index (κ2) is 11.9. The molecule has 170 valence electrons. The molecule has 3 rings (SSSR count). The highest BCUT2D eigenvalue weighted by atomic mass is 16.5. The second-order valence-corrected chi connectivity index (χ2v) is 9.43. The second-order valence-electron chi connectivity index (χ2n) is 9.43. The van der Waals surface area contributed by atoms with Gasteiger partial charge in [-0.15, -0.1) is 0 Å². The molecule has 1 fully saturated rings. The molecule has 0 amide bonds. The summed E-state index contributed by atoms with van der Waals surface area (Å²) >= 11 is 0. The van der Waals surface area contributed by atoms with E-state index in [1.807, 2.05) is 24.3 Å². The lowest BCUT2D eigenvalue weighted by atomic mass is 9.77. The van der Waals surface area contributed by atoms with Crippen LogP contribution in [-0.4, -0.2) is 5.97 Å². The number of unbranched alkanes of at least 4 members (excludes halogenated alkanes) is 1. The van der Waals surface area contributed by atoms with E-state index >= 15 is 0 Å². The van der Waals surface area contributed by atoms with Crippen molar-refractivity contribution in [2.45, 2.75) is 90.4 Å². The highest BCUT2D eigenvalue weighted by molar-refractivity contribution is 5.91. The van der Waals surface area contributed by atoms with Gasteiger partial charge in [0.25, 0.3) is 0 Å². The van der Waals surface area contributed by atoms with Crippen LogP contribution in [0.15, 0.2) is 42.5 Å². The molecular weight excluding hydrogens is 394 g/mol. The zero-order valence-electron chi connectivity index (χ0n) is 19.9. The molecule has 2 aromatic carbocycles. The van der Waals surface area contributed by atoms with E-state index in [1.54, 1.807) is 6.07 Å². The fourth-order valence-corrected chi connectivity index (χ4v) is 4.95. The zero-order valence-corrected chi connectivity index (χ0v) is 19.9. The number of nitriles is 1. The summed E-state index contributed by atoms with van der Waals surface area (Å²) in [5.74, 6) is 1.80. The van der Waals surface area contributed by atoms with Crippen LogP contribution >= 0.6 is 0 Å². The van der Waals surface area contributed by atoms with E-state index in [-0.39, 0.29) is 0 Å². The maximum absolute atomic E-state index is 12.7. The van der Waals surface area contributed by atoms with E-state index < -0.39 is 5.97 Å². The Bertz CT molecular complexity index is 917. The molecule has 0 saturated heterocycles. The van der Waals surface area contributed by atoms with Crippen LogP contribution in [0.4, 0.5) is 0 Å². The summed E-state index contributed by atoms with van der Waals surface area (Å²) in [7, 11) is 0. The Morgan fingerprint density at radius 1 is 1.06 bits per heavy atom. The summed E-state index contributed by atoms with van der Waals surface area (Å²) in [6.45, 7) is 6.63. The number of hydrogen-bond acceptors (Lipinski definition) is 3. The van der Waals surface area contributed by atoms with Gasteiger partial charge in [-0.1, -0.05) is 64.7 Å². The molecule has 2 aromatic rings. The molecule has 1 atom stereocenters. The van der Waals surface area contributed by atoms with Crippen molar-refractivity contribution in [2.75, 3.05) is 0 Å². The number of carbonyl (C=O) groups excluding carboxylic acids is 1. The quantitative estimate of drug-likeness (QED) is 0.297. The maximum Gasteiger partial charge on any atom is 0.343 e. The number of rotatable bonds is 9. The van der Waals surface area contributed by atoms with E-state index in [0.29, 0.717) is 28.7 Å². The van der Waals surface area contributed by atoms with Crippen LogP contribution in [-0.2, 0) is 0 Å². The lowest BCUT2D eigenvalue weighted by Crippen LogP contribution is -2.14. The average molecular weight is 432 g/mol. The molecule has 1 unspecified atom stereocenters. The van der Waals surface area contributed by atoms with Gasteiger partial charge in [-0.3, -0.25) is 0 Å². The predicted molar refractivity (Wildman–Crippen MR) is 130 cm³/mol. The normalized spacial score (nSPS) is 19.2. The summed E-state index contributed by atoms with van der Waals surface area (Å²) in [5.41, 5.74) is 3.38. The molecule has 0 bridgehead atoms. The van der Waals surface area contributed by atoms with E-state index in [4.69, 9.17) is 4.74 Å². The van der Waals surface area contributed by atoms with Crippen LogP contribution in [0, 0.1) is 17.2 Å². The van der Waals surface area contributed by atoms with Crippen molar-refractivity contribution in [3.63, 3.8) is 0 Å². The highest BCUT2D eigenvalue weighted by Crippen LogP contribution is 2.37. The molecule has 3 nitrogen and oxygen atoms in total. The van der Waals surface area contributed by atoms with Crippen molar-refractivity contribution in [3.8, 4) is 11.8 Å². The predicted octanol–water partition coefficient (Wildman–Crippen LogP) is 8.15. The number of benzene rings is 2. The molecule has 0 N–H and O–H groups in total. The SMILES string of the molecule is CCCCC(C)c1ccc(OC(=O)c2ccc(C3CCC(CCC)CC3)cc2)c(C#N)c1. The standard InChI is InChI=1S/C29H37NO2/c1-4-6-8-21(3)26-17-18-28(27(19-26)20-30)32-29(31)25-15-13-24(14-16-25)23-11-9-22(7-5-2)10-12-23/h13-19,21-23H,4-12H2,1-3H3. The third-order valence-electron chi connectivity index (χ3n) is 7.05. The fourth-order valence-electron chi connectivity index (χ4n) is 4.95. The summed E-state index contributed by atoms with van der Waals surface area (Å²) in [6.07, 6.45) is 11.1. The first-order valence-corrected chi connectivity index (χ1v) is 12.4. The van der Waals surface area contributed by atoms with Gasteiger partial charge in [-0.05, 0) is 85.3 Å². The van der Waals surface area contributed by atoms with Crippen molar-refractivity contribution in [3.05, 3.63) is 64.7 Å². The molecule has 0 aliphatic heterocycles. The number of esters is 1. The van der Waals surface area contributed by atoms with Crippen LogP contribution < -0.4 is 4.74 Å². The topological polar surface area (TPSA) is 50.1 Å². The zero-order chi connectivity index (χ0) is 22.9. The van der Waals surface area contributed by atoms with Gasteiger partial charge in [0.05, 0.1) is 11.1 Å². The van der Waals surface area contributed by atoms with Gasteiger partial charge in [0, 0.05) is 0 Å². The minimum Gasteiger partial charge on any atom is -0.422 e. The molecule has 1 aliphatic carbocycles. The molecule has 1 saturated carbocycles. The van der Waals surface area contributed by atoms with Crippen LogP contribution in [0.2, 0.25) is 0 Å². The molecule has 0 heterocycles. The summed E-state index contributed by atoms with van der Waals surface area (Å²) < 4.78 is 5.60. The Balaban J connectivity index is 1.63. The molecule has 0 aromatic heterocycles. The Morgan fingerprint density at radius 3 is 2.41 bits per heavy atom. The largest absolute Gasteiger partial charge is 0.422 e. The van der Waals surface area contributed by atoms with Crippen molar-refractivity contribution < 1.29 is 9.53 Å². The Hall–Kier alpha value is -2.60. The van der Waals surface area contributed by atoms with E-state index in [2.05, 4.69) is 39.0 Å². The van der Waals surface area contributed by atoms with Crippen molar-refractivity contribution in [2.24, 2.45) is 5.92 Å². The van der Waals surface area contributed by atoms with E-state index in [1.165, 1.54) is 44.1 Å². The Morgan fingerprint density at radius 2 is 1.78 bits per heavy atom. The van der Waals surface area contributed by atoms with Gasteiger partial charge in [0.2, 0.25) is 0 Å². The molecule has 0 radical (unpaired) electrons. The average Bonchev–Trinajstić information content (AvgIpc) is 2.83. The van der Waals surface area contributed by atoms with Crippen LogP contribution in [0.1, 0.15) is 117 Å². The summed E-state index contributed by atoms with van der Waals surface area (Å²) in [5, 5.41) is 9.58. The Labute approximate surface area is 193 Å². The third-order valence-corrected chi connectivity index (χ3v) is 7.05. The highest BCUT2D eigenvalue weighted by Gasteiger charge is 2.22. The summed E-state index contributed by atoms with van der Waals surface area (Å²) in [6, 6.07) is 15.7. The number of nitrogens with zero attached hydrogens (tertiary/aromatic N) is 1. The molecule has 3 heteroatoms. The van der Waals surface area contributed by atoms with E-state index in [0.717, 1.165) is 30.7 Å². The fraction of sp³-hybridized carbons (Fsp3) is 0.517. The van der Waals surface area contributed by atoms with Gasteiger partial charge in [0.15, 0.2) is 0 Å². The number of carbonyl (C=O) groups is 1. The van der Waals surface area contributed by atoms with Crippen LogP contribution in [0.5, 0.6) is 5.75 Å². The first-order chi connectivity index (χ1) is 15.5. The van der Waals surface area contributed by atoms with Gasteiger partial charge in [-0.2, -0.15) is 5.26 Å². The molecule has 1 aliphatic rings. The minimum atomic E-state index is -0.411. The molecule has 32 heavy (non-hydrogen) atoms. The van der Waals surface area contributed by atoms with Gasteiger partial charge < -0.3 is 4.74 Å². The number of hydrogen-bond donors (Lipinski definition) is 0. The van der Waals surface area contributed by atoms with Gasteiger partial charge in [-0.25, -0.2) is 4.79 Å². The van der Waals surface area contributed by atoms with Crippen molar-refractivity contribution in [1.82, 2.24) is 0 Å². The maximum atomic E-state index is 12.7. The minimum absolute atomic E-state index is 0.335. The first-order valence-electron chi connectivity index (χ1n) is 12.4.